The Morgan fingerprint density at radius 1 is 1.09 bits per heavy atom. The molecule has 13 heteroatoms. The van der Waals surface area contributed by atoms with Gasteiger partial charge in [-0.25, -0.2) is 18.6 Å². The van der Waals surface area contributed by atoms with E-state index in [2.05, 4.69) is 27.8 Å². The van der Waals surface area contributed by atoms with Crippen LogP contribution in [0.4, 0.5) is 13.6 Å². The Hall–Kier alpha value is -5.33. The van der Waals surface area contributed by atoms with Gasteiger partial charge < -0.3 is 29.9 Å². The molecule has 3 atom stereocenters. The minimum atomic E-state index is -1.42. The maximum absolute atomic E-state index is 14.8. The number of amides is 4. The van der Waals surface area contributed by atoms with Crippen molar-refractivity contribution in [2.24, 2.45) is 5.92 Å². The third kappa shape index (κ3) is 9.23. The van der Waals surface area contributed by atoms with Gasteiger partial charge in [-0.1, -0.05) is 24.3 Å². The summed E-state index contributed by atoms with van der Waals surface area (Å²) >= 11 is 0. The molecule has 1 saturated carbocycles. The predicted octanol–water partition coefficient (Wildman–Crippen LogP) is 6.38. The van der Waals surface area contributed by atoms with Crippen molar-refractivity contribution in [3.05, 3.63) is 82.8 Å². The Labute approximate surface area is 313 Å². The molecule has 1 unspecified atom stereocenters. The normalized spacial score (nSPS) is 19.4. The lowest BCUT2D eigenvalue weighted by Crippen LogP contribution is -2.49. The highest BCUT2D eigenvalue weighted by Gasteiger charge is 2.40. The summed E-state index contributed by atoms with van der Waals surface area (Å²) in [5.74, 6) is -1.09. The molecule has 2 N–H and O–H groups in total. The molecule has 0 bridgehead atoms. The quantitative estimate of drug-likeness (QED) is 0.247. The van der Waals surface area contributed by atoms with Gasteiger partial charge in [-0.05, 0) is 106 Å². The molecule has 1 saturated heterocycles. The highest BCUT2D eigenvalue weighted by Crippen LogP contribution is 2.37. The monoisotopic (exact) mass is 743 g/mol. The Morgan fingerprint density at radius 3 is 2.59 bits per heavy atom. The number of nitrogens with zero attached hydrogens (tertiary/aromatic N) is 3. The van der Waals surface area contributed by atoms with Crippen LogP contribution in [-0.4, -0.2) is 89.7 Å². The van der Waals surface area contributed by atoms with E-state index in [1.54, 1.807) is 18.1 Å². The van der Waals surface area contributed by atoms with Crippen molar-refractivity contribution < 1.29 is 37.4 Å². The van der Waals surface area contributed by atoms with Crippen LogP contribution in [0.2, 0.25) is 0 Å². The molecule has 2 aromatic carbocycles. The van der Waals surface area contributed by atoms with Gasteiger partial charge in [0.25, 0.3) is 5.91 Å². The van der Waals surface area contributed by atoms with Gasteiger partial charge in [-0.3, -0.25) is 14.4 Å². The molecular formula is C41H47F2N5O6. The van der Waals surface area contributed by atoms with E-state index in [0.29, 0.717) is 42.1 Å². The number of hydrogen-bond donors (Lipinski definition) is 2. The van der Waals surface area contributed by atoms with Crippen molar-refractivity contribution in [1.29, 1.82) is 0 Å². The van der Waals surface area contributed by atoms with Crippen molar-refractivity contribution >= 4 is 46.4 Å². The van der Waals surface area contributed by atoms with E-state index >= 15 is 0 Å². The molecule has 54 heavy (non-hydrogen) atoms. The van der Waals surface area contributed by atoms with Crippen molar-refractivity contribution in [3.8, 4) is 5.75 Å². The molecule has 11 nitrogen and oxygen atoms in total. The number of carbonyl (C=O) groups is 4. The van der Waals surface area contributed by atoms with Crippen LogP contribution in [0, 0.1) is 11.7 Å². The minimum Gasteiger partial charge on any atom is -0.496 e. The summed E-state index contributed by atoms with van der Waals surface area (Å²) in [5, 5.41) is 6.05. The smallest absolute Gasteiger partial charge is 0.410 e. The first-order valence-corrected chi connectivity index (χ1v) is 18.3. The average molecular weight is 744 g/mol. The highest BCUT2D eigenvalue weighted by atomic mass is 19.1. The summed E-state index contributed by atoms with van der Waals surface area (Å²) in [7, 11) is 1.59. The topological polar surface area (TPSA) is 130 Å². The van der Waals surface area contributed by atoms with Crippen LogP contribution in [0.25, 0.3) is 22.6 Å². The van der Waals surface area contributed by atoms with Crippen LogP contribution in [0.3, 0.4) is 0 Å². The molecule has 0 radical (unpaired) electrons. The molecule has 3 aliphatic rings. The third-order valence-electron chi connectivity index (χ3n) is 9.71. The molecule has 4 amide bonds. The number of nitrogens with one attached hydrogen (secondary N) is 2. The number of rotatable bonds is 10. The van der Waals surface area contributed by atoms with E-state index in [1.807, 2.05) is 45.9 Å². The van der Waals surface area contributed by atoms with Crippen LogP contribution in [0.1, 0.15) is 86.6 Å². The van der Waals surface area contributed by atoms with E-state index < -0.39 is 60.0 Å². The summed E-state index contributed by atoms with van der Waals surface area (Å²) in [4.78, 5) is 60.1. The van der Waals surface area contributed by atoms with Gasteiger partial charge in [0.05, 0.1) is 31.8 Å². The number of hydrogen-bond acceptors (Lipinski definition) is 7. The van der Waals surface area contributed by atoms with Crippen LogP contribution in [-0.2, 0) is 14.3 Å². The molecule has 1 aromatic heterocycles. The SMILES string of the molecule is COc1cc(/C=C/C2CC2)c([C@@H](C)NC(=O)C2C[C@H](F)CN2C(=O)CNC(=O)c2ccc3cc(F)ccc3n2)cc1C1=CCCN(C(=O)OC(C)(C)C)C1. The zero-order chi connectivity index (χ0) is 38.7. The molecule has 2 aliphatic heterocycles. The number of alkyl halides is 1. The van der Waals surface area contributed by atoms with Crippen molar-refractivity contribution in [2.45, 2.75) is 77.2 Å². The lowest BCUT2D eigenvalue weighted by molar-refractivity contribution is -0.138. The number of methoxy groups -OCH3 is 1. The van der Waals surface area contributed by atoms with E-state index in [0.717, 1.165) is 40.0 Å². The van der Waals surface area contributed by atoms with Gasteiger partial charge in [-0.15, -0.1) is 0 Å². The van der Waals surface area contributed by atoms with Crippen molar-refractivity contribution in [2.75, 3.05) is 33.3 Å². The van der Waals surface area contributed by atoms with Crippen LogP contribution < -0.4 is 15.4 Å². The maximum atomic E-state index is 14.8. The first-order chi connectivity index (χ1) is 25.7. The van der Waals surface area contributed by atoms with E-state index in [4.69, 9.17) is 9.47 Å². The fourth-order valence-electron chi connectivity index (χ4n) is 6.77. The number of carbonyl (C=O) groups excluding carboxylic acids is 4. The number of fused-ring (bicyclic) bond motifs is 1. The lowest BCUT2D eigenvalue weighted by Gasteiger charge is -2.31. The molecule has 0 spiro atoms. The predicted molar refractivity (Wildman–Crippen MR) is 201 cm³/mol. The fourth-order valence-corrected chi connectivity index (χ4v) is 6.77. The summed E-state index contributed by atoms with van der Waals surface area (Å²) < 4.78 is 39.9. The second-order valence-electron chi connectivity index (χ2n) is 15.1. The number of halogens is 2. The number of allylic oxidation sites excluding steroid dienone is 1. The standard InChI is InChI=1S/C41H47F2N5O6/c1-24(31-20-32(36(53-5)18-26(31)11-10-25-8-9-25)28-7-6-16-47(22-28)40(52)54-41(2,3)4)45-39(51)35-19-30(43)23-48(35)37(49)21-44-38(50)34-14-12-27-17-29(42)13-15-33(27)46-34/h7,10-15,17-18,20,24-25,30,35H,6,8-9,16,19,21-23H2,1-5H3,(H,44,50)(H,45,51)/b11-10+/t24-,30+,35?/m1/s1. The highest BCUT2D eigenvalue weighted by molar-refractivity contribution is 5.97. The van der Waals surface area contributed by atoms with Gasteiger partial charge in [0.2, 0.25) is 11.8 Å². The van der Waals surface area contributed by atoms with Crippen molar-refractivity contribution in [1.82, 2.24) is 25.4 Å². The molecule has 286 valence electrons. The number of benzene rings is 2. The van der Waals surface area contributed by atoms with E-state index in [9.17, 15) is 28.0 Å². The molecular weight excluding hydrogens is 696 g/mol. The van der Waals surface area contributed by atoms with Crippen LogP contribution >= 0.6 is 0 Å². The molecule has 6 rings (SSSR count). The van der Waals surface area contributed by atoms with Gasteiger partial charge in [-0.2, -0.15) is 0 Å². The molecule has 1 aliphatic carbocycles. The van der Waals surface area contributed by atoms with Crippen molar-refractivity contribution in [3.63, 3.8) is 0 Å². The number of ether oxygens (including phenoxy) is 2. The number of pyridine rings is 1. The maximum Gasteiger partial charge on any atom is 0.410 e. The van der Waals surface area contributed by atoms with Gasteiger partial charge in [0, 0.05) is 30.5 Å². The van der Waals surface area contributed by atoms with Crippen LogP contribution in [0.5, 0.6) is 5.75 Å². The lowest BCUT2D eigenvalue weighted by atomic mass is 9.92. The zero-order valence-corrected chi connectivity index (χ0v) is 31.3. The summed E-state index contributed by atoms with van der Waals surface area (Å²) in [6.07, 6.45) is 7.08. The first kappa shape index (κ1) is 38.4. The Balaban J connectivity index is 1.17. The van der Waals surface area contributed by atoms with E-state index in [1.165, 1.54) is 24.3 Å². The second kappa shape index (κ2) is 16.0. The molecule has 3 heterocycles. The Kier molecular flexibility index (Phi) is 11.3. The molecule has 2 fully saturated rings. The summed E-state index contributed by atoms with van der Waals surface area (Å²) in [5.41, 5.74) is 3.09. The summed E-state index contributed by atoms with van der Waals surface area (Å²) in [6.45, 7) is 7.38. The summed E-state index contributed by atoms with van der Waals surface area (Å²) in [6, 6.07) is 9.21. The average Bonchev–Trinajstić information content (AvgIpc) is 3.89. The van der Waals surface area contributed by atoms with Gasteiger partial charge in [0.15, 0.2) is 0 Å². The number of likely N-dealkylation sites (tertiary alicyclic amines) is 1. The zero-order valence-electron chi connectivity index (χ0n) is 31.3. The molecule has 3 aromatic rings. The van der Waals surface area contributed by atoms with Gasteiger partial charge >= 0.3 is 6.09 Å². The Morgan fingerprint density at radius 2 is 1.87 bits per heavy atom. The third-order valence-corrected chi connectivity index (χ3v) is 9.71. The fraction of sp³-hybridized carbons (Fsp3) is 0.439. The largest absolute Gasteiger partial charge is 0.496 e. The number of aromatic nitrogens is 1. The second-order valence-corrected chi connectivity index (χ2v) is 15.1. The Bertz CT molecular complexity index is 2010. The minimum absolute atomic E-state index is 0.0294. The van der Waals surface area contributed by atoms with Crippen LogP contribution in [0.15, 0.2) is 54.6 Å². The van der Waals surface area contributed by atoms with Gasteiger partial charge in [0.1, 0.15) is 35.1 Å². The van der Waals surface area contributed by atoms with E-state index in [-0.39, 0.29) is 18.7 Å². The first-order valence-electron chi connectivity index (χ1n) is 18.3.